The quantitative estimate of drug-likeness (QED) is 0.266. The molecule has 2 fully saturated rings. The number of likely N-dealkylation sites (tertiary alicyclic amines) is 1. The number of aromatic nitrogens is 1. The number of nitrogens with one attached hydrogen (secondary N) is 2. The molecule has 2 aliphatic rings. The zero-order valence-corrected chi connectivity index (χ0v) is 21.4. The highest BCUT2D eigenvalue weighted by molar-refractivity contribution is 14.0. The minimum Gasteiger partial charge on any atom is -0.369 e. The van der Waals surface area contributed by atoms with Crippen molar-refractivity contribution in [1.82, 2.24) is 20.5 Å². The van der Waals surface area contributed by atoms with E-state index in [4.69, 9.17) is 10.7 Å². The Labute approximate surface area is 207 Å². The van der Waals surface area contributed by atoms with Gasteiger partial charge in [0.15, 0.2) is 5.96 Å². The summed E-state index contributed by atoms with van der Waals surface area (Å²) in [5.41, 5.74) is 6.51. The van der Waals surface area contributed by atoms with Crippen LogP contribution in [0.15, 0.2) is 23.3 Å². The summed E-state index contributed by atoms with van der Waals surface area (Å²) in [6.07, 6.45) is 4.77. The highest BCUT2D eigenvalue weighted by atomic mass is 127. The molecule has 2 saturated heterocycles. The SMILES string of the molecule is CCNC(=NCc1cccnc1N1CCC(C(N)=O)CC1)NC1CCN(C(=O)CC)C1.I. The molecular weight excluding hydrogens is 521 g/mol. The van der Waals surface area contributed by atoms with Gasteiger partial charge in [-0.05, 0) is 32.3 Å². The van der Waals surface area contributed by atoms with Gasteiger partial charge in [0, 0.05) is 62.9 Å². The van der Waals surface area contributed by atoms with E-state index < -0.39 is 0 Å². The molecule has 3 heterocycles. The number of carbonyl (C=O) groups is 2. The van der Waals surface area contributed by atoms with Gasteiger partial charge >= 0.3 is 0 Å². The van der Waals surface area contributed by atoms with Crippen LogP contribution >= 0.6 is 24.0 Å². The molecule has 0 bridgehead atoms. The monoisotopic (exact) mass is 557 g/mol. The molecule has 0 radical (unpaired) electrons. The number of rotatable bonds is 7. The summed E-state index contributed by atoms with van der Waals surface area (Å²) in [5, 5.41) is 6.78. The van der Waals surface area contributed by atoms with E-state index >= 15 is 0 Å². The topological polar surface area (TPSA) is 116 Å². The summed E-state index contributed by atoms with van der Waals surface area (Å²) in [7, 11) is 0. The average Bonchev–Trinajstić information content (AvgIpc) is 3.26. The first kappa shape index (κ1) is 26.1. The van der Waals surface area contributed by atoms with E-state index in [2.05, 4.69) is 20.5 Å². The fraction of sp³-hybridized carbons (Fsp3) is 0.636. The molecule has 2 aliphatic heterocycles. The minimum absolute atomic E-state index is 0. The molecule has 9 nitrogen and oxygen atoms in total. The lowest BCUT2D eigenvalue weighted by Gasteiger charge is -2.32. The van der Waals surface area contributed by atoms with Crippen molar-refractivity contribution in [2.24, 2.45) is 16.6 Å². The fourth-order valence-electron chi connectivity index (χ4n) is 4.22. The molecule has 0 saturated carbocycles. The van der Waals surface area contributed by atoms with Crippen LogP contribution in [-0.4, -0.2) is 66.4 Å². The van der Waals surface area contributed by atoms with Crippen molar-refractivity contribution < 1.29 is 9.59 Å². The normalized spacial score (nSPS) is 19.4. The van der Waals surface area contributed by atoms with E-state index in [0.29, 0.717) is 19.5 Å². The van der Waals surface area contributed by atoms with E-state index in [1.165, 1.54) is 0 Å². The van der Waals surface area contributed by atoms with Crippen molar-refractivity contribution in [1.29, 1.82) is 0 Å². The minimum atomic E-state index is -0.210. The van der Waals surface area contributed by atoms with Crippen LogP contribution < -0.4 is 21.3 Å². The zero-order chi connectivity index (χ0) is 22.2. The van der Waals surface area contributed by atoms with E-state index in [0.717, 1.165) is 62.8 Å². The molecule has 32 heavy (non-hydrogen) atoms. The fourth-order valence-corrected chi connectivity index (χ4v) is 4.22. The van der Waals surface area contributed by atoms with Crippen LogP contribution in [0.3, 0.4) is 0 Å². The van der Waals surface area contributed by atoms with Gasteiger partial charge in [0.2, 0.25) is 11.8 Å². The highest BCUT2D eigenvalue weighted by Gasteiger charge is 2.26. The molecule has 1 unspecified atom stereocenters. The first-order valence-corrected chi connectivity index (χ1v) is 11.3. The van der Waals surface area contributed by atoms with Crippen LogP contribution in [0.4, 0.5) is 5.82 Å². The summed E-state index contributed by atoms with van der Waals surface area (Å²) in [6, 6.07) is 4.18. The van der Waals surface area contributed by atoms with Crippen molar-refractivity contribution in [3.63, 3.8) is 0 Å². The van der Waals surface area contributed by atoms with Crippen LogP contribution in [0.2, 0.25) is 0 Å². The molecule has 178 valence electrons. The predicted octanol–water partition coefficient (Wildman–Crippen LogP) is 1.47. The van der Waals surface area contributed by atoms with Gasteiger partial charge in [-0.2, -0.15) is 0 Å². The third-order valence-electron chi connectivity index (χ3n) is 6.00. The molecule has 2 amide bonds. The number of nitrogens with two attached hydrogens (primary N) is 1. The van der Waals surface area contributed by atoms with Crippen LogP contribution in [0.1, 0.15) is 45.1 Å². The molecule has 10 heteroatoms. The van der Waals surface area contributed by atoms with Crippen molar-refractivity contribution in [3.8, 4) is 0 Å². The predicted molar refractivity (Wildman–Crippen MR) is 137 cm³/mol. The van der Waals surface area contributed by atoms with Gasteiger partial charge in [0.1, 0.15) is 5.82 Å². The van der Waals surface area contributed by atoms with Crippen molar-refractivity contribution in [2.75, 3.05) is 37.6 Å². The van der Waals surface area contributed by atoms with Crippen LogP contribution in [0, 0.1) is 5.92 Å². The number of amides is 2. The summed E-state index contributed by atoms with van der Waals surface area (Å²) < 4.78 is 0. The number of anilines is 1. The van der Waals surface area contributed by atoms with Gasteiger partial charge in [-0.25, -0.2) is 9.98 Å². The number of carbonyl (C=O) groups excluding carboxylic acids is 2. The van der Waals surface area contributed by atoms with E-state index in [-0.39, 0.29) is 47.8 Å². The number of hydrogen-bond acceptors (Lipinski definition) is 5. The lowest BCUT2D eigenvalue weighted by atomic mass is 9.96. The number of halogens is 1. The lowest BCUT2D eigenvalue weighted by Crippen LogP contribution is -2.45. The first-order chi connectivity index (χ1) is 15.0. The number of pyridine rings is 1. The van der Waals surface area contributed by atoms with Crippen LogP contribution in [0.25, 0.3) is 0 Å². The number of aliphatic imine (C=N–C) groups is 1. The molecule has 1 aromatic heterocycles. The molecule has 1 atom stereocenters. The largest absolute Gasteiger partial charge is 0.369 e. The second kappa shape index (κ2) is 12.8. The van der Waals surface area contributed by atoms with Gasteiger partial charge in [0.25, 0.3) is 0 Å². The highest BCUT2D eigenvalue weighted by Crippen LogP contribution is 2.25. The van der Waals surface area contributed by atoms with E-state index in [1.807, 2.05) is 30.9 Å². The van der Waals surface area contributed by atoms with Gasteiger partial charge in [-0.15, -0.1) is 24.0 Å². The Morgan fingerprint density at radius 2 is 1.97 bits per heavy atom. The maximum Gasteiger partial charge on any atom is 0.222 e. The Morgan fingerprint density at radius 3 is 2.62 bits per heavy atom. The van der Waals surface area contributed by atoms with Crippen molar-refractivity contribution in [2.45, 2.75) is 52.1 Å². The van der Waals surface area contributed by atoms with Gasteiger partial charge in [-0.1, -0.05) is 13.0 Å². The Balaban J connectivity index is 0.00000363. The first-order valence-electron chi connectivity index (χ1n) is 11.3. The molecule has 4 N–H and O–H groups in total. The Morgan fingerprint density at radius 1 is 1.22 bits per heavy atom. The summed E-state index contributed by atoms with van der Waals surface area (Å²) in [6.45, 7) is 8.23. The number of nitrogens with zero attached hydrogens (tertiary/aromatic N) is 4. The number of primary amides is 1. The summed E-state index contributed by atoms with van der Waals surface area (Å²) in [5.74, 6) is 1.62. The summed E-state index contributed by atoms with van der Waals surface area (Å²) in [4.78, 5) is 36.9. The average molecular weight is 557 g/mol. The molecule has 0 aromatic carbocycles. The number of piperidine rings is 1. The Kier molecular flexibility index (Phi) is 10.5. The maximum atomic E-state index is 11.9. The van der Waals surface area contributed by atoms with Gasteiger partial charge < -0.3 is 26.2 Å². The van der Waals surface area contributed by atoms with Crippen LogP contribution in [-0.2, 0) is 16.1 Å². The maximum absolute atomic E-state index is 11.9. The number of guanidine groups is 1. The van der Waals surface area contributed by atoms with Gasteiger partial charge in [-0.3, -0.25) is 9.59 Å². The zero-order valence-electron chi connectivity index (χ0n) is 19.0. The standard InChI is InChI=1S/C22H35N7O2.HI/c1-3-19(30)29-13-9-18(15-29)27-22(24-4-2)26-14-17-6-5-10-25-21(17)28-11-7-16(8-12-28)20(23)31;/h5-6,10,16,18H,3-4,7-9,11-15H2,1-2H3,(H2,23,31)(H2,24,26,27);1H. The third kappa shape index (κ3) is 6.94. The Bertz CT molecular complexity index is 796. The molecular formula is C22H36IN7O2. The summed E-state index contributed by atoms with van der Waals surface area (Å²) >= 11 is 0. The molecule has 0 spiro atoms. The van der Waals surface area contributed by atoms with Crippen molar-refractivity contribution >= 4 is 47.6 Å². The molecule has 1 aromatic rings. The molecule has 0 aliphatic carbocycles. The van der Waals surface area contributed by atoms with E-state index in [9.17, 15) is 9.59 Å². The third-order valence-corrected chi connectivity index (χ3v) is 6.00. The van der Waals surface area contributed by atoms with E-state index in [1.54, 1.807) is 6.20 Å². The second-order valence-electron chi connectivity index (χ2n) is 8.17. The molecule has 3 rings (SSSR count). The smallest absolute Gasteiger partial charge is 0.222 e. The second-order valence-corrected chi connectivity index (χ2v) is 8.17. The van der Waals surface area contributed by atoms with Crippen LogP contribution in [0.5, 0.6) is 0 Å². The lowest BCUT2D eigenvalue weighted by molar-refractivity contribution is -0.129. The Hall–Kier alpha value is -2.11. The number of hydrogen-bond donors (Lipinski definition) is 3. The van der Waals surface area contributed by atoms with Gasteiger partial charge in [0.05, 0.1) is 6.54 Å². The van der Waals surface area contributed by atoms with Crippen molar-refractivity contribution in [3.05, 3.63) is 23.9 Å².